The van der Waals surface area contributed by atoms with Crippen molar-refractivity contribution < 1.29 is 4.42 Å². The van der Waals surface area contributed by atoms with Gasteiger partial charge in [-0.05, 0) is 78.5 Å². The molecule has 0 atom stereocenters. The van der Waals surface area contributed by atoms with E-state index in [0.717, 1.165) is 44.2 Å². The zero-order chi connectivity index (χ0) is 34.9. The normalized spacial score (nSPS) is 11.8. The first-order valence-corrected chi connectivity index (χ1v) is 17.9. The molecule has 0 bridgehead atoms. The largest absolute Gasteiger partial charge is 0.456 e. The molecule has 0 amide bonds. The van der Waals surface area contributed by atoms with Crippen LogP contribution in [0.4, 0.5) is 0 Å². The van der Waals surface area contributed by atoms with E-state index < -0.39 is 0 Å². The Morgan fingerprint density at radius 3 is 1.58 bits per heavy atom. The predicted molar refractivity (Wildman–Crippen MR) is 219 cm³/mol. The molecule has 0 aliphatic heterocycles. The fourth-order valence-corrected chi connectivity index (χ4v) is 7.94. The van der Waals surface area contributed by atoms with Gasteiger partial charge < -0.3 is 4.42 Å². The maximum atomic E-state index is 6.28. The van der Waals surface area contributed by atoms with Crippen LogP contribution in [0.15, 0.2) is 180 Å². The Hall–Kier alpha value is -7.17. The van der Waals surface area contributed by atoms with Crippen molar-refractivity contribution in [1.82, 2.24) is 15.0 Å². The van der Waals surface area contributed by atoms with Crippen LogP contribution in [0.25, 0.3) is 110 Å². The van der Waals surface area contributed by atoms with Crippen LogP contribution in [-0.2, 0) is 0 Å². The van der Waals surface area contributed by atoms with E-state index in [2.05, 4.69) is 146 Å². The second-order valence-corrected chi connectivity index (χ2v) is 13.6. The van der Waals surface area contributed by atoms with Crippen LogP contribution >= 0.6 is 0 Å². The Bertz CT molecular complexity index is 3200. The SMILES string of the molecule is c1ccc2cc(-c3ccc(-c4nc(-c5ccc6c7ccccc7c7ccccc7c6c5)nc(-c5cccc6oc7ccccc7c56)n4)cc3)ccc2c1. The topological polar surface area (TPSA) is 51.8 Å². The maximum Gasteiger partial charge on any atom is 0.164 e. The molecule has 0 radical (unpaired) electrons. The third-order valence-corrected chi connectivity index (χ3v) is 10.5. The molecule has 0 saturated carbocycles. The lowest BCUT2D eigenvalue weighted by Crippen LogP contribution is -2.00. The van der Waals surface area contributed by atoms with Gasteiger partial charge >= 0.3 is 0 Å². The third kappa shape index (κ3) is 4.80. The lowest BCUT2D eigenvalue weighted by atomic mass is 9.93. The van der Waals surface area contributed by atoms with E-state index in [1.54, 1.807) is 0 Å². The molecule has 11 rings (SSSR count). The van der Waals surface area contributed by atoms with Gasteiger partial charge in [-0.1, -0.05) is 152 Å². The molecular weight excluding hydrogens is 647 g/mol. The smallest absolute Gasteiger partial charge is 0.164 e. The number of aromatic nitrogens is 3. The number of fused-ring (bicyclic) bond motifs is 10. The Kier molecular flexibility index (Phi) is 6.52. The molecule has 0 spiro atoms. The number of furan rings is 1. The summed E-state index contributed by atoms with van der Waals surface area (Å²) in [6, 6.07) is 61.7. The van der Waals surface area contributed by atoms with Crippen molar-refractivity contribution in [2.45, 2.75) is 0 Å². The van der Waals surface area contributed by atoms with Crippen molar-refractivity contribution in [3.05, 3.63) is 176 Å². The summed E-state index contributed by atoms with van der Waals surface area (Å²) in [5.74, 6) is 1.83. The summed E-state index contributed by atoms with van der Waals surface area (Å²) in [5, 5.41) is 11.8. The molecule has 0 unspecified atom stereocenters. The van der Waals surface area contributed by atoms with Crippen LogP contribution in [-0.4, -0.2) is 15.0 Å². The van der Waals surface area contributed by atoms with Crippen LogP contribution in [0.2, 0.25) is 0 Å². The molecule has 0 fully saturated rings. The van der Waals surface area contributed by atoms with Crippen molar-refractivity contribution in [3.8, 4) is 45.3 Å². The van der Waals surface area contributed by atoms with E-state index in [9.17, 15) is 0 Å². The fraction of sp³-hybridized carbons (Fsp3) is 0. The molecule has 246 valence electrons. The van der Waals surface area contributed by atoms with Gasteiger partial charge in [-0.2, -0.15) is 0 Å². The van der Waals surface area contributed by atoms with E-state index in [1.165, 1.54) is 48.7 Å². The molecule has 4 nitrogen and oxygen atoms in total. The number of para-hydroxylation sites is 1. The summed E-state index contributed by atoms with van der Waals surface area (Å²) < 4.78 is 6.28. The van der Waals surface area contributed by atoms with Crippen LogP contribution in [0.5, 0.6) is 0 Å². The molecule has 2 heterocycles. The maximum absolute atomic E-state index is 6.28. The van der Waals surface area contributed by atoms with Gasteiger partial charge in [-0.15, -0.1) is 0 Å². The first-order valence-electron chi connectivity index (χ1n) is 17.9. The number of hydrogen-bond acceptors (Lipinski definition) is 4. The molecule has 53 heavy (non-hydrogen) atoms. The quantitative estimate of drug-likeness (QED) is 0.174. The first-order chi connectivity index (χ1) is 26.2. The average molecular weight is 676 g/mol. The van der Waals surface area contributed by atoms with E-state index in [1.807, 2.05) is 30.3 Å². The van der Waals surface area contributed by atoms with Gasteiger partial charge in [-0.25, -0.2) is 15.0 Å². The van der Waals surface area contributed by atoms with Crippen molar-refractivity contribution in [3.63, 3.8) is 0 Å². The van der Waals surface area contributed by atoms with Gasteiger partial charge in [0, 0.05) is 27.5 Å². The van der Waals surface area contributed by atoms with Gasteiger partial charge in [0.05, 0.1) is 0 Å². The summed E-state index contributed by atoms with van der Waals surface area (Å²) >= 11 is 0. The summed E-state index contributed by atoms with van der Waals surface area (Å²) in [6.45, 7) is 0. The number of benzene rings is 9. The van der Waals surface area contributed by atoms with Crippen LogP contribution in [0.3, 0.4) is 0 Å². The van der Waals surface area contributed by atoms with Gasteiger partial charge in [0.25, 0.3) is 0 Å². The molecule has 0 aliphatic carbocycles. The Labute approximate surface area is 304 Å². The molecule has 4 heteroatoms. The van der Waals surface area contributed by atoms with Crippen LogP contribution in [0.1, 0.15) is 0 Å². The fourth-order valence-electron chi connectivity index (χ4n) is 7.94. The molecule has 0 saturated heterocycles. The number of rotatable bonds is 4. The van der Waals surface area contributed by atoms with E-state index in [-0.39, 0.29) is 0 Å². The van der Waals surface area contributed by atoms with E-state index >= 15 is 0 Å². The highest BCUT2D eigenvalue weighted by Crippen LogP contribution is 2.39. The van der Waals surface area contributed by atoms with Crippen LogP contribution in [0, 0.1) is 0 Å². The summed E-state index contributed by atoms with van der Waals surface area (Å²) in [4.78, 5) is 15.6. The van der Waals surface area contributed by atoms with Crippen molar-refractivity contribution in [2.75, 3.05) is 0 Å². The van der Waals surface area contributed by atoms with Crippen molar-refractivity contribution >= 4 is 65.0 Å². The highest BCUT2D eigenvalue weighted by Gasteiger charge is 2.19. The molecule has 9 aromatic carbocycles. The van der Waals surface area contributed by atoms with Crippen LogP contribution < -0.4 is 0 Å². The lowest BCUT2D eigenvalue weighted by Gasteiger charge is -2.13. The second-order valence-electron chi connectivity index (χ2n) is 13.6. The zero-order valence-corrected chi connectivity index (χ0v) is 28.5. The number of nitrogens with zero attached hydrogens (tertiary/aromatic N) is 3. The zero-order valence-electron chi connectivity index (χ0n) is 28.5. The predicted octanol–water partition coefficient (Wildman–Crippen LogP) is 13.1. The molecule has 11 aromatic rings. The second kappa shape index (κ2) is 11.7. The minimum absolute atomic E-state index is 0.601. The lowest BCUT2D eigenvalue weighted by molar-refractivity contribution is 0.669. The monoisotopic (exact) mass is 675 g/mol. The molecule has 0 N–H and O–H groups in total. The Morgan fingerprint density at radius 2 is 0.830 bits per heavy atom. The highest BCUT2D eigenvalue weighted by atomic mass is 16.3. The number of hydrogen-bond donors (Lipinski definition) is 0. The Balaban J connectivity index is 1.12. The highest BCUT2D eigenvalue weighted by molar-refractivity contribution is 6.25. The average Bonchev–Trinajstić information content (AvgIpc) is 3.62. The molecule has 0 aliphatic rings. The third-order valence-electron chi connectivity index (χ3n) is 10.5. The van der Waals surface area contributed by atoms with E-state index in [4.69, 9.17) is 19.4 Å². The van der Waals surface area contributed by atoms with E-state index in [0.29, 0.717) is 17.5 Å². The minimum atomic E-state index is 0.601. The van der Waals surface area contributed by atoms with Crippen molar-refractivity contribution in [1.29, 1.82) is 0 Å². The summed E-state index contributed by atoms with van der Waals surface area (Å²) in [7, 11) is 0. The van der Waals surface area contributed by atoms with Crippen molar-refractivity contribution in [2.24, 2.45) is 0 Å². The summed E-state index contributed by atoms with van der Waals surface area (Å²) in [6.07, 6.45) is 0. The minimum Gasteiger partial charge on any atom is -0.456 e. The first kappa shape index (κ1) is 29.5. The standard InChI is InChI=1S/C49H29N3O/c1-2-11-33-28-34(25-22-30(33)10-1)31-20-23-32(24-21-31)47-50-48(52-49(51-47)42-17-9-19-45-46(42)41-16-7-8-18-44(41)53-45)35-26-27-40-38-14-4-3-12-36(38)37-13-5-6-15-39(37)43(40)29-35/h1-29H. The van der Waals surface area contributed by atoms with Gasteiger partial charge in [0.15, 0.2) is 17.5 Å². The van der Waals surface area contributed by atoms with Gasteiger partial charge in [-0.3, -0.25) is 0 Å². The molecule has 2 aromatic heterocycles. The summed E-state index contributed by atoms with van der Waals surface area (Å²) in [5.41, 5.74) is 6.69. The Morgan fingerprint density at radius 1 is 0.302 bits per heavy atom. The molecular formula is C49H29N3O. The van der Waals surface area contributed by atoms with Gasteiger partial charge in [0.2, 0.25) is 0 Å². The van der Waals surface area contributed by atoms with Gasteiger partial charge in [0.1, 0.15) is 11.2 Å².